The Morgan fingerprint density at radius 1 is 1.31 bits per heavy atom. The van der Waals surface area contributed by atoms with Crippen molar-refractivity contribution in [1.29, 1.82) is 0 Å². The Balaban J connectivity index is 1.58. The summed E-state index contributed by atoms with van der Waals surface area (Å²) in [6.07, 6.45) is 6.48. The van der Waals surface area contributed by atoms with Crippen molar-refractivity contribution in [2.75, 3.05) is 20.3 Å². The number of nitrogens with zero attached hydrogens (tertiary/aromatic N) is 3. The number of halogens is 1. The van der Waals surface area contributed by atoms with E-state index in [0.29, 0.717) is 36.1 Å². The minimum absolute atomic E-state index is 0.208. The highest BCUT2D eigenvalue weighted by Crippen LogP contribution is 2.36. The third-order valence-electron chi connectivity index (χ3n) is 4.16. The smallest absolute Gasteiger partial charge is 0.244 e. The van der Waals surface area contributed by atoms with Crippen LogP contribution in [0.15, 0.2) is 42.6 Å². The van der Waals surface area contributed by atoms with Crippen LogP contribution in [-0.2, 0) is 11.2 Å². The largest absolute Gasteiger partial charge is 0.493 e. The van der Waals surface area contributed by atoms with Gasteiger partial charge in [-0.3, -0.25) is 9.20 Å². The number of fused-ring (bicyclic) bond motifs is 1. The van der Waals surface area contributed by atoms with Crippen LogP contribution in [0.2, 0.25) is 5.02 Å². The van der Waals surface area contributed by atoms with E-state index >= 15 is 0 Å². The zero-order valence-corrected chi connectivity index (χ0v) is 17.1. The lowest BCUT2D eigenvalue weighted by molar-refractivity contribution is -0.116. The van der Waals surface area contributed by atoms with E-state index in [1.54, 1.807) is 25.3 Å². The van der Waals surface area contributed by atoms with E-state index in [1.807, 2.05) is 35.7 Å². The average molecular weight is 415 g/mol. The van der Waals surface area contributed by atoms with E-state index in [4.69, 9.17) is 21.1 Å². The van der Waals surface area contributed by atoms with Crippen molar-refractivity contribution >= 4 is 29.2 Å². The molecule has 2 aromatic heterocycles. The topological polar surface area (TPSA) is 77.8 Å². The van der Waals surface area contributed by atoms with Crippen LogP contribution >= 0.6 is 11.6 Å². The molecular weight excluding hydrogens is 392 g/mol. The first-order chi connectivity index (χ1) is 14.1. The Labute approximate surface area is 174 Å². The molecule has 0 unspecified atom stereocenters. The molecule has 3 aromatic rings. The van der Waals surface area contributed by atoms with Gasteiger partial charge in [-0.2, -0.15) is 0 Å². The van der Waals surface area contributed by atoms with E-state index in [2.05, 4.69) is 15.5 Å². The van der Waals surface area contributed by atoms with Crippen molar-refractivity contribution in [3.63, 3.8) is 0 Å². The predicted octanol–water partition coefficient (Wildman–Crippen LogP) is 3.55. The van der Waals surface area contributed by atoms with E-state index in [9.17, 15) is 4.79 Å². The summed E-state index contributed by atoms with van der Waals surface area (Å²) in [6, 6.07) is 9.23. The summed E-state index contributed by atoms with van der Waals surface area (Å²) in [6.45, 7) is 3.02. The van der Waals surface area contributed by atoms with Crippen molar-refractivity contribution in [2.45, 2.75) is 19.8 Å². The fourth-order valence-electron chi connectivity index (χ4n) is 2.77. The lowest BCUT2D eigenvalue weighted by atomic mass is 10.2. The number of carbonyl (C=O) groups is 1. The number of amides is 1. The van der Waals surface area contributed by atoms with Gasteiger partial charge in [-0.25, -0.2) is 0 Å². The molecule has 0 bridgehead atoms. The number of methoxy groups -OCH3 is 1. The fraction of sp³-hybridized carbons (Fsp3) is 0.286. The Morgan fingerprint density at radius 3 is 2.97 bits per heavy atom. The highest BCUT2D eigenvalue weighted by atomic mass is 35.5. The molecule has 0 atom stereocenters. The monoisotopic (exact) mass is 414 g/mol. The summed E-state index contributed by atoms with van der Waals surface area (Å²) in [5.74, 6) is 1.63. The molecule has 1 amide bonds. The molecule has 3 rings (SSSR count). The maximum absolute atomic E-state index is 12.1. The summed E-state index contributed by atoms with van der Waals surface area (Å²) < 4.78 is 12.9. The van der Waals surface area contributed by atoms with Gasteiger partial charge in [0.05, 0.1) is 18.7 Å². The minimum Gasteiger partial charge on any atom is -0.493 e. The molecule has 1 N–H and O–H groups in total. The Bertz CT molecular complexity index is 1020. The van der Waals surface area contributed by atoms with Crippen molar-refractivity contribution in [1.82, 2.24) is 19.9 Å². The number of aromatic nitrogens is 3. The Morgan fingerprint density at radius 2 is 2.17 bits per heavy atom. The van der Waals surface area contributed by atoms with Crippen molar-refractivity contribution in [3.8, 4) is 11.5 Å². The molecule has 7 nitrogen and oxygen atoms in total. The van der Waals surface area contributed by atoms with Gasteiger partial charge in [0, 0.05) is 25.2 Å². The van der Waals surface area contributed by atoms with E-state index in [-0.39, 0.29) is 5.91 Å². The molecule has 0 saturated heterocycles. The van der Waals surface area contributed by atoms with Crippen LogP contribution in [0.1, 0.15) is 24.7 Å². The number of hydrogen-bond acceptors (Lipinski definition) is 5. The second-order valence-electron chi connectivity index (χ2n) is 6.30. The van der Waals surface area contributed by atoms with Gasteiger partial charge in [-0.05, 0) is 42.3 Å². The molecule has 0 aliphatic carbocycles. The van der Waals surface area contributed by atoms with Gasteiger partial charge in [0.25, 0.3) is 0 Å². The highest BCUT2D eigenvalue weighted by Gasteiger charge is 2.11. The number of pyridine rings is 1. The van der Waals surface area contributed by atoms with Crippen LogP contribution < -0.4 is 14.8 Å². The van der Waals surface area contributed by atoms with Crippen molar-refractivity contribution in [3.05, 3.63) is 59.0 Å². The van der Waals surface area contributed by atoms with Crippen molar-refractivity contribution in [2.24, 2.45) is 0 Å². The fourth-order valence-corrected chi connectivity index (χ4v) is 3.04. The van der Waals surface area contributed by atoms with Gasteiger partial charge < -0.3 is 14.8 Å². The van der Waals surface area contributed by atoms with Gasteiger partial charge in [-0.15, -0.1) is 10.2 Å². The zero-order chi connectivity index (χ0) is 20.6. The maximum Gasteiger partial charge on any atom is 0.244 e. The molecule has 0 spiro atoms. The number of rotatable bonds is 9. The standard InChI is InChI=1S/C21H23ClN4O3/c1-3-12-29-21-16(22)13-15(14-17(21)28-2)7-8-20(27)23-10-9-19-25-24-18-6-4-5-11-26(18)19/h4-8,11,13-14H,3,9-10,12H2,1-2H3,(H,23,27)/b8-7+. The van der Waals surface area contributed by atoms with Gasteiger partial charge in [0.15, 0.2) is 17.1 Å². The van der Waals surface area contributed by atoms with Gasteiger partial charge in [0.1, 0.15) is 5.82 Å². The molecule has 0 aliphatic heterocycles. The second-order valence-corrected chi connectivity index (χ2v) is 6.71. The van der Waals surface area contributed by atoms with E-state index in [0.717, 1.165) is 23.5 Å². The highest BCUT2D eigenvalue weighted by molar-refractivity contribution is 6.32. The third kappa shape index (κ3) is 5.26. The molecule has 0 saturated carbocycles. The number of ether oxygens (including phenoxy) is 2. The summed E-state index contributed by atoms with van der Waals surface area (Å²) in [4.78, 5) is 12.1. The van der Waals surface area contributed by atoms with Crippen LogP contribution in [-0.4, -0.2) is 40.8 Å². The van der Waals surface area contributed by atoms with E-state index < -0.39 is 0 Å². The number of benzene rings is 1. The first-order valence-electron chi connectivity index (χ1n) is 9.37. The van der Waals surface area contributed by atoms with E-state index in [1.165, 1.54) is 6.08 Å². The summed E-state index contributed by atoms with van der Waals surface area (Å²) in [5, 5.41) is 11.5. The van der Waals surface area contributed by atoms with Crippen LogP contribution in [0.25, 0.3) is 11.7 Å². The Kier molecular flexibility index (Phi) is 7.08. The summed E-state index contributed by atoms with van der Waals surface area (Å²) in [7, 11) is 1.55. The molecular formula is C21H23ClN4O3. The zero-order valence-electron chi connectivity index (χ0n) is 16.4. The molecule has 0 aliphatic rings. The quantitative estimate of drug-likeness (QED) is 0.542. The van der Waals surface area contributed by atoms with Gasteiger partial charge in [-0.1, -0.05) is 24.6 Å². The predicted molar refractivity (Wildman–Crippen MR) is 113 cm³/mol. The SMILES string of the molecule is CCCOc1c(Cl)cc(/C=C/C(=O)NCCc2nnc3ccccn23)cc1OC. The van der Waals surface area contributed by atoms with Crippen LogP contribution in [0, 0.1) is 0 Å². The Hall–Kier alpha value is -3.06. The lowest BCUT2D eigenvalue weighted by Gasteiger charge is -2.12. The number of carbonyl (C=O) groups excluding carboxylic acids is 1. The minimum atomic E-state index is -0.208. The van der Waals surface area contributed by atoms with Crippen molar-refractivity contribution < 1.29 is 14.3 Å². The van der Waals surface area contributed by atoms with Crippen LogP contribution in [0.5, 0.6) is 11.5 Å². The molecule has 2 heterocycles. The van der Waals surface area contributed by atoms with Gasteiger partial charge >= 0.3 is 0 Å². The molecule has 1 aromatic carbocycles. The average Bonchev–Trinajstić information content (AvgIpc) is 3.14. The number of hydrogen-bond donors (Lipinski definition) is 1. The first-order valence-corrected chi connectivity index (χ1v) is 9.75. The molecule has 0 radical (unpaired) electrons. The summed E-state index contributed by atoms with van der Waals surface area (Å²) in [5.41, 5.74) is 1.53. The first kappa shape index (κ1) is 20.7. The molecule has 29 heavy (non-hydrogen) atoms. The normalized spacial score (nSPS) is 11.1. The van der Waals surface area contributed by atoms with Crippen LogP contribution in [0.3, 0.4) is 0 Å². The molecule has 0 fully saturated rings. The molecule has 8 heteroatoms. The summed E-state index contributed by atoms with van der Waals surface area (Å²) >= 11 is 6.30. The van der Waals surface area contributed by atoms with Gasteiger partial charge in [0.2, 0.25) is 5.91 Å². The van der Waals surface area contributed by atoms with Crippen LogP contribution in [0.4, 0.5) is 0 Å². The lowest BCUT2D eigenvalue weighted by Crippen LogP contribution is -2.24. The number of nitrogens with one attached hydrogen (secondary N) is 1. The third-order valence-corrected chi connectivity index (χ3v) is 4.44. The maximum atomic E-state index is 12.1. The second kappa shape index (κ2) is 9.93. The molecule has 152 valence electrons.